The van der Waals surface area contributed by atoms with E-state index in [0.29, 0.717) is 6.42 Å². The van der Waals surface area contributed by atoms with E-state index in [2.05, 4.69) is 19.1 Å². The molecule has 1 rings (SSSR count). The lowest BCUT2D eigenvalue weighted by atomic mass is 9.92. The van der Waals surface area contributed by atoms with E-state index in [1.807, 2.05) is 0 Å². The number of hydrogen-bond acceptors (Lipinski definition) is 6. The molecule has 1 heterocycles. The van der Waals surface area contributed by atoms with E-state index >= 15 is 0 Å². The van der Waals surface area contributed by atoms with Gasteiger partial charge >= 0.3 is 11.9 Å². The number of cyclic esters (lactones) is 2. The number of unbranched alkanes of at least 4 members (excludes halogenated alkanes) is 49. The third kappa shape index (κ3) is 45.2. The predicted octanol–water partition coefficient (Wildman–Crippen LogP) is 19.9. The first-order valence-electron chi connectivity index (χ1n) is 31.8. The molecule has 1 unspecified atom stereocenters. The van der Waals surface area contributed by atoms with Gasteiger partial charge in [-0.3, -0.25) is 9.59 Å². The van der Waals surface area contributed by atoms with E-state index in [4.69, 9.17) is 9.47 Å². The van der Waals surface area contributed by atoms with Crippen molar-refractivity contribution in [2.45, 2.75) is 347 Å². The Labute approximate surface area is 436 Å². The standard InChI is InChI=1S/C64H122O6/c1-2-3-4-5-6-7-8-9-10-11-12-13-14-15-16-17-18-19-20-21-22-23-24-25-26-27-28-29-30-31-32-33-34-35-36-37-38-39-40-41-42-43-44-45-46-47-48-49-50-51-52-53-54-55-61-56-62(67)69-59-64(57-65,58-66)60-70-63(61)68/h12-13,61,65-66H,2-11,14-60H2,1H3/b13-12+. The molecule has 0 aromatic heterocycles. The maximum Gasteiger partial charge on any atom is 0.309 e. The zero-order valence-corrected chi connectivity index (χ0v) is 47.1. The van der Waals surface area contributed by atoms with Crippen LogP contribution in [-0.4, -0.2) is 48.6 Å². The van der Waals surface area contributed by atoms with Crippen molar-refractivity contribution in [2.75, 3.05) is 26.4 Å². The first-order chi connectivity index (χ1) is 34.6. The molecule has 6 nitrogen and oxygen atoms in total. The summed E-state index contributed by atoms with van der Waals surface area (Å²) < 4.78 is 10.6. The number of allylic oxidation sites excluding steroid dienone is 2. The van der Waals surface area contributed by atoms with Crippen molar-refractivity contribution in [2.24, 2.45) is 11.3 Å². The Bertz CT molecular complexity index is 1100. The van der Waals surface area contributed by atoms with Gasteiger partial charge in [-0.1, -0.05) is 321 Å². The number of aliphatic hydroxyl groups is 2. The Morgan fingerprint density at radius 3 is 0.886 bits per heavy atom. The average molecular weight is 988 g/mol. The van der Waals surface area contributed by atoms with Gasteiger partial charge in [0.15, 0.2) is 0 Å². The summed E-state index contributed by atoms with van der Waals surface area (Å²) in [6, 6.07) is 0. The first-order valence-corrected chi connectivity index (χ1v) is 31.8. The Morgan fingerprint density at radius 2 is 0.614 bits per heavy atom. The summed E-state index contributed by atoms with van der Waals surface area (Å²) in [6.07, 6.45) is 77.2. The number of rotatable bonds is 55. The second-order valence-electron chi connectivity index (χ2n) is 22.8. The maximum atomic E-state index is 12.5. The molecule has 1 fully saturated rings. The normalized spacial score (nSPS) is 15.3. The topological polar surface area (TPSA) is 93.1 Å². The summed E-state index contributed by atoms with van der Waals surface area (Å²) in [5.41, 5.74) is -1.12. The molecular weight excluding hydrogens is 865 g/mol. The van der Waals surface area contributed by atoms with Crippen LogP contribution in [-0.2, 0) is 19.1 Å². The number of hydrogen-bond donors (Lipinski definition) is 2. The van der Waals surface area contributed by atoms with Crippen LogP contribution < -0.4 is 0 Å². The van der Waals surface area contributed by atoms with E-state index in [0.717, 1.165) is 19.3 Å². The highest BCUT2D eigenvalue weighted by Gasteiger charge is 2.36. The van der Waals surface area contributed by atoms with Gasteiger partial charge < -0.3 is 19.7 Å². The van der Waals surface area contributed by atoms with Crippen molar-refractivity contribution in [3.63, 3.8) is 0 Å². The van der Waals surface area contributed by atoms with Crippen molar-refractivity contribution >= 4 is 11.9 Å². The lowest BCUT2D eigenvalue weighted by Crippen LogP contribution is -2.40. The van der Waals surface area contributed by atoms with Crippen LogP contribution >= 0.6 is 0 Å². The zero-order valence-electron chi connectivity index (χ0n) is 47.1. The first kappa shape index (κ1) is 66.6. The largest absolute Gasteiger partial charge is 0.465 e. The summed E-state index contributed by atoms with van der Waals surface area (Å²) in [6.45, 7) is 1.21. The summed E-state index contributed by atoms with van der Waals surface area (Å²) >= 11 is 0. The third-order valence-corrected chi connectivity index (χ3v) is 15.8. The summed E-state index contributed by atoms with van der Waals surface area (Å²) in [7, 11) is 0. The van der Waals surface area contributed by atoms with Crippen LogP contribution in [0.2, 0.25) is 0 Å². The van der Waals surface area contributed by atoms with Crippen LogP contribution in [0.3, 0.4) is 0 Å². The lowest BCUT2D eigenvalue weighted by Gasteiger charge is -2.27. The van der Waals surface area contributed by atoms with Gasteiger partial charge in [-0.2, -0.15) is 0 Å². The van der Waals surface area contributed by atoms with Crippen LogP contribution in [0, 0.1) is 11.3 Å². The lowest BCUT2D eigenvalue weighted by molar-refractivity contribution is -0.155. The number of carbonyl (C=O) groups excluding carboxylic acids is 2. The van der Waals surface area contributed by atoms with E-state index in [1.54, 1.807) is 0 Å². The average Bonchev–Trinajstić information content (AvgIpc) is 3.43. The molecule has 70 heavy (non-hydrogen) atoms. The summed E-state index contributed by atoms with van der Waals surface area (Å²) in [5.74, 6) is -1.40. The third-order valence-electron chi connectivity index (χ3n) is 15.8. The molecular formula is C64H122O6. The SMILES string of the molecule is CCCCCCCCCCC/C=C/CCCCCCCCCCCCCCCCCCCCCCCCCCCCCCCCCCCCCCCCCCC1CC(=O)OCC(CO)(CO)COC1=O. The highest BCUT2D eigenvalue weighted by molar-refractivity contribution is 5.80. The van der Waals surface area contributed by atoms with Crippen molar-refractivity contribution in [3.8, 4) is 0 Å². The molecule has 1 aliphatic rings. The van der Waals surface area contributed by atoms with Gasteiger partial charge in [0.25, 0.3) is 0 Å². The Morgan fingerprint density at radius 1 is 0.371 bits per heavy atom. The monoisotopic (exact) mass is 987 g/mol. The summed E-state index contributed by atoms with van der Waals surface area (Å²) in [5, 5.41) is 19.2. The molecule has 0 aromatic rings. The molecule has 0 aliphatic carbocycles. The van der Waals surface area contributed by atoms with Gasteiger partial charge in [-0.15, -0.1) is 0 Å². The molecule has 2 N–H and O–H groups in total. The molecule has 0 radical (unpaired) electrons. The Balaban J connectivity index is 1.68. The fourth-order valence-electron chi connectivity index (χ4n) is 10.6. The summed E-state index contributed by atoms with van der Waals surface area (Å²) in [4.78, 5) is 24.7. The second kappa shape index (κ2) is 53.9. The molecule has 1 aliphatic heterocycles. The molecule has 0 spiro atoms. The second-order valence-corrected chi connectivity index (χ2v) is 22.8. The molecule has 0 bridgehead atoms. The minimum absolute atomic E-state index is 0.00509. The zero-order chi connectivity index (χ0) is 50.4. The molecule has 1 saturated heterocycles. The van der Waals surface area contributed by atoms with Crippen molar-refractivity contribution in [1.29, 1.82) is 0 Å². The van der Waals surface area contributed by atoms with Crippen LogP contribution in [0.15, 0.2) is 12.2 Å². The predicted molar refractivity (Wildman–Crippen MR) is 302 cm³/mol. The fraction of sp³-hybridized carbons (Fsp3) is 0.938. The fourth-order valence-corrected chi connectivity index (χ4v) is 10.6. The van der Waals surface area contributed by atoms with Crippen LogP contribution in [0.1, 0.15) is 347 Å². The molecule has 0 amide bonds. The minimum Gasteiger partial charge on any atom is -0.465 e. The van der Waals surface area contributed by atoms with Crippen LogP contribution in [0.4, 0.5) is 0 Å². The minimum atomic E-state index is -1.12. The number of carbonyl (C=O) groups is 2. The van der Waals surface area contributed by atoms with Gasteiger partial charge in [0.05, 0.1) is 31.0 Å². The Hall–Kier alpha value is -1.40. The number of esters is 2. The van der Waals surface area contributed by atoms with Crippen molar-refractivity contribution < 1.29 is 29.3 Å². The number of ether oxygens (including phenoxy) is 2. The number of aliphatic hydroxyl groups excluding tert-OH is 2. The van der Waals surface area contributed by atoms with E-state index in [-0.39, 0.29) is 19.6 Å². The van der Waals surface area contributed by atoms with Gasteiger partial charge in [0, 0.05) is 0 Å². The highest BCUT2D eigenvalue weighted by atomic mass is 16.6. The molecule has 0 saturated carbocycles. The van der Waals surface area contributed by atoms with Crippen LogP contribution in [0.25, 0.3) is 0 Å². The van der Waals surface area contributed by atoms with Crippen molar-refractivity contribution in [3.05, 3.63) is 12.2 Å². The molecule has 1 atom stereocenters. The van der Waals surface area contributed by atoms with Gasteiger partial charge in [-0.25, -0.2) is 0 Å². The highest BCUT2D eigenvalue weighted by Crippen LogP contribution is 2.25. The Kier molecular flexibility index (Phi) is 51.3. The quantitative estimate of drug-likeness (QED) is 0.0358. The van der Waals surface area contributed by atoms with E-state index in [1.165, 1.54) is 308 Å². The van der Waals surface area contributed by atoms with Crippen LogP contribution in [0.5, 0.6) is 0 Å². The molecule has 414 valence electrons. The molecule has 6 heteroatoms. The van der Waals surface area contributed by atoms with E-state index < -0.39 is 36.5 Å². The molecule has 0 aromatic carbocycles. The smallest absolute Gasteiger partial charge is 0.309 e. The van der Waals surface area contributed by atoms with Gasteiger partial charge in [0.1, 0.15) is 13.2 Å². The van der Waals surface area contributed by atoms with E-state index in [9.17, 15) is 19.8 Å². The van der Waals surface area contributed by atoms with Crippen molar-refractivity contribution in [1.82, 2.24) is 0 Å². The van der Waals surface area contributed by atoms with Gasteiger partial charge in [0.2, 0.25) is 0 Å². The van der Waals surface area contributed by atoms with Gasteiger partial charge in [-0.05, 0) is 32.1 Å². The maximum absolute atomic E-state index is 12.5.